The van der Waals surface area contributed by atoms with Crippen molar-refractivity contribution in [1.82, 2.24) is 10.2 Å². The van der Waals surface area contributed by atoms with E-state index in [-0.39, 0.29) is 0 Å². The second kappa shape index (κ2) is 7.47. The molecule has 1 heterocycles. The van der Waals surface area contributed by atoms with E-state index in [1.807, 2.05) is 7.05 Å². The van der Waals surface area contributed by atoms with E-state index in [9.17, 15) is 0 Å². The molecule has 20 heavy (non-hydrogen) atoms. The maximum atomic E-state index is 5.43. The predicted octanol–water partition coefficient (Wildman–Crippen LogP) is 2.49. The first kappa shape index (κ1) is 15.9. The molecule has 1 aromatic carbocycles. The zero-order chi connectivity index (χ0) is 14.5. The molecule has 0 aromatic heterocycles. The number of nitrogens with zero attached hydrogens (tertiary/aromatic N) is 1. The van der Waals surface area contributed by atoms with Gasteiger partial charge in [-0.25, -0.2) is 0 Å². The fourth-order valence-corrected chi connectivity index (χ4v) is 3.64. The van der Waals surface area contributed by atoms with E-state index in [2.05, 4.69) is 44.9 Å². The first-order valence-electron chi connectivity index (χ1n) is 6.98. The Hall–Kier alpha value is -0.530. The topological polar surface area (TPSA) is 33.7 Å². The van der Waals surface area contributed by atoms with E-state index >= 15 is 0 Å². The first-order valence-corrected chi connectivity index (χ1v) is 8.05. The van der Waals surface area contributed by atoms with E-state index in [4.69, 9.17) is 9.47 Å². The Kier molecular flexibility index (Phi) is 5.92. The molecule has 1 aliphatic heterocycles. The van der Waals surface area contributed by atoms with Crippen LogP contribution in [0.15, 0.2) is 12.1 Å². The molecule has 1 atom stereocenters. The Labute approximate surface area is 135 Å². The number of nitrogens with one attached hydrogen (secondary N) is 1. The van der Waals surface area contributed by atoms with Gasteiger partial charge in [0.2, 0.25) is 0 Å². The van der Waals surface area contributed by atoms with Gasteiger partial charge in [-0.1, -0.05) is 0 Å². The van der Waals surface area contributed by atoms with Crippen molar-refractivity contribution in [3.63, 3.8) is 0 Å². The third-order valence-electron chi connectivity index (χ3n) is 3.81. The molecule has 2 rings (SSSR count). The molecule has 0 bridgehead atoms. The highest BCUT2D eigenvalue weighted by molar-refractivity contribution is 14.1. The van der Waals surface area contributed by atoms with Crippen LogP contribution in [0.3, 0.4) is 0 Å². The van der Waals surface area contributed by atoms with Crippen molar-refractivity contribution in [2.75, 3.05) is 34.4 Å². The molecule has 4 nitrogen and oxygen atoms in total. The highest BCUT2D eigenvalue weighted by Crippen LogP contribution is 2.34. The van der Waals surface area contributed by atoms with Gasteiger partial charge in [-0.3, -0.25) is 4.90 Å². The summed E-state index contributed by atoms with van der Waals surface area (Å²) < 4.78 is 11.9. The van der Waals surface area contributed by atoms with Crippen molar-refractivity contribution in [2.45, 2.75) is 25.4 Å². The van der Waals surface area contributed by atoms with E-state index in [1.54, 1.807) is 14.2 Å². The second-order valence-electron chi connectivity index (χ2n) is 5.18. The summed E-state index contributed by atoms with van der Waals surface area (Å²) >= 11 is 2.30. The quantitative estimate of drug-likeness (QED) is 0.784. The molecule has 1 N–H and O–H groups in total. The summed E-state index contributed by atoms with van der Waals surface area (Å²) in [6, 6.07) is 4.89. The summed E-state index contributed by atoms with van der Waals surface area (Å²) in [6.45, 7) is 3.25. The van der Waals surface area contributed by atoms with Crippen LogP contribution in [0, 0.1) is 3.57 Å². The molecule has 1 saturated heterocycles. The zero-order valence-corrected chi connectivity index (χ0v) is 14.6. The Bertz CT molecular complexity index is 454. The van der Waals surface area contributed by atoms with Crippen molar-refractivity contribution in [2.24, 2.45) is 0 Å². The smallest absolute Gasteiger partial charge is 0.174 e. The van der Waals surface area contributed by atoms with Gasteiger partial charge in [0.15, 0.2) is 11.5 Å². The molecule has 112 valence electrons. The number of likely N-dealkylation sites (tertiary alicyclic amines) is 1. The Morgan fingerprint density at radius 2 is 2.15 bits per heavy atom. The Balaban J connectivity index is 2.11. The fraction of sp³-hybridized carbons (Fsp3) is 0.600. The minimum atomic E-state index is 0.614. The summed E-state index contributed by atoms with van der Waals surface area (Å²) in [6.07, 6.45) is 2.53. The van der Waals surface area contributed by atoms with Crippen LogP contribution in [-0.4, -0.2) is 45.3 Å². The van der Waals surface area contributed by atoms with Gasteiger partial charge in [0.25, 0.3) is 0 Å². The van der Waals surface area contributed by atoms with Crippen molar-refractivity contribution in [1.29, 1.82) is 0 Å². The van der Waals surface area contributed by atoms with Gasteiger partial charge in [0.1, 0.15) is 0 Å². The normalized spacial score (nSPS) is 19.9. The standard InChI is InChI=1S/C15H23IN2O2/c1-17-12-5-4-6-18(10-12)9-11-7-13(16)15(20-3)14(8-11)19-2/h7-8,12,17H,4-6,9-10H2,1-3H3. The highest BCUT2D eigenvalue weighted by Gasteiger charge is 2.19. The SMILES string of the molecule is CNC1CCCN(Cc2cc(I)c(OC)c(OC)c2)C1. The van der Waals surface area contributed by atoms with E-state index in [0.717, 1.165) is 28.2 Å². The van der Waals surface area contributed by atoms with Gasteiger partial charge >= 0.3 is 0 Å². The van der Waals surface area contributed by atoms with Crippen LogP contribution in [0.1, 0.15) is 18.4 Å². The average Bonchev–Trinajstić information content (AvgIpc) is 2.46. The van der Waals surface area contributed by atoms with E-state index < -0.39 is 0 Å². The number of methoxy groups -OCH3 is 2. The maximum Gasteiger partial charge on any atom is 0.174 e. The lowest BCUT2D eigenvalue weighted by molar-refractivity contribution is 0.187. The van der Waals surface area contributed by atoms with Gasteiger partial charge in [-0.15, -0.1) is 0 Å². The molecule has 0 amide bonds. The van der Waals surface area contributed by atoms with E-state index in [1.165, 1.54) is 24.9 Å². The number of rotatable bonds is 5. The molecule has 0 spiro atoms. The largest absolute Gasteiger partial charge is 0.493 e. The molecule has 1 aliphatic rings. The lowest BCUT2D eigenvalue weighted by Gasteiger charge is -2.32. The molecule has 1 unspecified atom stereocenters. The molecule has 1 aromatic rings. The van der Waals surface area contributed by atoms with Gasteiger partial charge in [0, 0.05) is 19.1 Å². The maximum absolute atomic E-state index is 5.43. The molecule has 0 aliphatic carbocycles. The third kappa shape index (κ3) is 3.77. The van der Waals surface area contributed by atoms with Crippen molar-refractivity contribution < 1.29 is 9.47 Å². The lowest BCUT2D eigenvalue weighted by atomic mass is 10.0. The minimum absolute atomic E-state index is 0.614. The van der Waals surface area contributed by atoms with Gasteiger partial charge < -0.3 is 14.8 Å². The number of benzene rings is 1. The summed E-state index contributed by atoms with van der Waals surface area (Å²) in [5.74, 6) is 1.64. The zero-order valence-electron chi connectivity index (χ0n) is 12.4. The fourth-order valence-electron chi connectivity index (χ4n) is 2.76. The predicted molar refractivity (Wildman–Crippen MR) is 89.6 cm³/mol. The summed E-state index contributed by atoms with van der Waals surface area (Å²) in [4.78, 5) is 2.50. The third-order valence-corrected chi connectivity index (χ3v) is 4.61. The van der Waals surface area contributed by atoms with Gasteiger partial charge in [0.05, 0.1) is 17.8 Å². The van der Waals surface area contributed by atoms with Crippen LogP contribution in [0.2, 0.25) is 0 Å². The number of hydrogen-bond acceptors (Lipinski definition) is 4. The molecule has 0 saturated carbocycles. The minimum Gasteiger partial charge on any atom is -0.493 e. The van der Waals surface area contributed by atoms with Crippen molar-refractivity contribution >= 4 is 22.6 Å². The number of ether oxygens (including phenoxy) is 2. The van der Waals surface area contributed by atoms with Crippen molar-refractivity contribution in [3.8, 4) is 11.5 Å². The van der Waals surface area contributed by atoms with Crippen LogP contribution in [0.4, 0.5) is 0 Å². The summed E-state index contributed by atoms with van der Waals surface area (Å²) in [5, 5.41) is 3.38. The number of halogens is 1. The molecule has 5 heteroatoms. The first-order chi connectivity index (χ1) is 9.67. The number of piperidine rings is 1. The van der Waals surface area contributed by atoms with Gasteiger partial charge in [-0.05, 0) is 66.7 Å². The van der Waals surface area contributed by atoms with Gasteiger partial charge in [-0.2, -0.15) is 0 Å². The number of hydrogen-bond donors (Lipinski definition) is 1. The van der Waals surface area contributed by atoms with Crippen LogP contribution in [0.25, 0.3) is 0 Å². The summed E-state index contributed by atoms with van der Waals surface area (Å²) in [7, 11) is 5.42. The monoisotopic (exact) mass is 390 g/mol. The number of likely N-dealkylation sites (N-methyl/N-ethyl adjacent to an activating group) is 1. The second-order valence-corrected chi connectivity index (χ2v) is 6.34. The van der Waals surface area contributed by atoms with Crippen molar-refractivity contribution in [3.05, 3.63) is 21.3 Å². The highest BCUT2D eigenvalue weighted by atomic mass is 127. The molecule has 0 radical (unpaired) electrons. The average molecular weight is 390 g/mol. The summed E-state index contributed by atoms with van der Waals surface area (Å²) in [5.41, 5.74) is 1.28. The lowest BCUT2D eigenvalue weighted by Crippen LogP contribution is -2.43. The molecule has 1 fully saturated rings. The van der Waals surface area contributed by atoms with Crippen LogP contribution < -0.4 is 14.8 Å². The van der Waals surface area contributed by atoms with Crippen LogP contribution in [-0.2, 0) is 6.54 Å². The molecular formula is C15H23IN2O2. The molecular weight excluding hydrogens is 367 g/mol. The Morgan fingerprint density at radius 3 is 2.80 bits per heavy atom. The van der Waals surface area contributed by atoms with Crippen LogP contribution in [0.5, 0.6) is 11.5 Å². The van der Waals surface area contributed by atoms with E-state index in [0.29, 0.717) is 6.04 Å². The Morgan fingerprint density at radius 1 is 1.35 bits per heavy atom. The van der Waals surface area contributed by atoms with Crippen LogP contribution >= 0.6 is 22.6 Å².